The second kappa shape index (κ2) is 9.97. The smallest absolute Gasteiger partial charge is 0.130 e. The summed E-state index contributed by atoms with van der Waals surface area (Å²) in [5.74, 6) is 6.09. The molecule has 0 aromatic heterocycles. The van der Waals surface area contributed by atoms with Crippen LogP contribution in [0, 0.1) is 11.8 Å². The summed E-state index contributed by atoms with van der Waals surface area (Å²) in [7, 11) is 0. The Kier molecular flexibility index (Phi) is 8.32. The fourth-order valence-electron chi connectivity index (χ4n) is 1.62. The van der Waals surface area contributed by atoms with Crippen molar-refractivity contribution >= 4 is 0 Å². The van der Waals surface area contributed by atoms with E-state index in [0.717, 1.165) is 13.0 Å². The Morgan fingerprint density at radius 2 is 1.53 bits per heavy atom. The van der Waals surface area contributed by atoms with Crippen LogP contribution in [0.4, 0.5) is 0 Å². The lowest BCUT2D eigenvalue weighted by Gasteiger charge is -2.04. The van der Waals surface area contributed by atoms with Gasteiger partial charge in [-0.3, -0.25) is 4.84 Å². The molecule has 2 N–H and O–H groups in total. The summed E-state index contributed by atoms with van der Waals surface area (Å²) in [5.41, 5.74) is 5.72. The lowest BCUT2D eigenvalue weighted by Crippen LogP contribution is -2.32. The third-order valence-electron chi connectivity index (χ3n) is 2.52. The van der Waals surface area contributed by atoms with Crippen molar-refractivity contribution in [3.8, 4) is 11.8 Å². The van der Waals surface area contributed by atoms with Crippen molar-refractivity contribution in [3.63, 3.8) is 0 Å². The SMILES string of the molecule is C1#CCONNCCCCCCCCC1. The molecule has 3 heteroatoms. The number of hydrazine groups is 1. The minimum atomic E-state index is 0.465. The van der Waals surface area contributed by atoms with E-state index in [1.54, 1.807) is 0 Å². The van der Waals surface area contributed by atoms with E-state index in [1.165, 1.54) is 44.9 Å². The number of hydrogen-bond acceptors (Lipinski definition) is 3. The molecule has 0 aliphatic carbocycles. The molecule has 0 aromatic carbocycles. The topological polar surface area (TPSA) is 33.3 Å². The molecular formula is C12H22N2O. The Hall–Kier alpha value is -0.560. The van der Waals surface area contributed by atoms with Gasteiger partial charge >= 0.3 is 0 Å². The first-order valence-corrected chi connectivity index (χ1v) is 6.05. The lowest BCUT2D eigenvalue weighted by molar-refractivity contribution is 0.0327. The Balaban J connectivity index is 2.10. The van der Waals surface area contributed by atoms with E-state index in [2.05, 4.69) is 22.9 Å². The van der Waals surface area contributed by atoms with Crippen LogP contribution in [0.2, 0.25) is 0 Å². The Labute approximate surface area is 92.9 Å². The van der Waals surface area contributed by atoms with Gasteiger partial charge in [-0.1, -0.05) is 38.0 Å². The van der Waals surface area contributed by atoms with Gasteiger partial charge in [-0.15, -0.1) is 11.5 Å². The molecule has 0 radical (unpaired) electrons. The van der Waals surface area contributed by atoms with Gasteiger partial charge in [0.25, 0.3) is 0 Å². The third-order valence-corrected chi connectivity index (χ3v) is 2.52. The van der Waals surface area contributed by atoms with Crippen molar-refractivity contribution in [2.45, 2.75) is 51.4 Å². The highest BCUT2D eigenvalue weighted by molar-refractivity contribution is 4.98. The van der Waals surface area contributed by atoms with Crippen LogP contribution >= 0.6 is 0 Å². The first kappa shape index (κ1) is 12.5. The van der Waals surface area contributed by atoms with Crippen LogP contribution in [0.5, 0.6) is 0 Å². The van der Waals surface area contributed by atoms with Crippen molar-refractivity contribution in [1.82, 2.24) is 11.0 Å². The van der Waals surface area contributed by atoms with Gasteiger partial charge in [0.1, 0.15) is 6.61 Å². The zero-order valence-electron chi connectivity index (χ0n) is 9.48. The molecule has 0 aromatic rings. The van der Waals surface area contributed by atoms with Crippen LogP contribution in [0.15, 0.2) is 0 Å². The average Bonchev–Trinajstić information content (AvgIpc) is 2.27. The quantitative estimate of drug-likeness (QED) is 0.601. The van der Waals surface area contributed by atoms with Crippen LogP contribution in [0.1, 0.15) is 51.4 Å². The number of hydrogen-bond donors (Lipinski definition) is 2. The zero-order chi connectivity index (χ0) is 10.6. The van der Waals surface area contributed by atoms with Gasteiger partial charge < -0.3 is 0 Å². The van der Waals surface area contributed by atoms with E-state index in [9.17, 15) is 0 Å². The van der Waals surface area contributed by atoms with E-state index < -0.39 is 0 Å². The molecule has 86 valence electrons. The highest BCUT2D eigenvalue weighted by Gasteiger charge is 1.92. The van der Waals surface area contributed by atoms with Crippen LogP contribution in [-0.2, 0) is 4.84 Å². The predicted molar refractivity (Wildman–Crippen MR) is 61.8 cm³/mol. The van der Waals surface area contributed by atoms with Crippen molar-refractivity contribution < 1.29 is 4.84 Å². The molecule has 0 fully saturated rings. The molecule has 15 heavy (non-hydrogen) atoms. The summed E-state index contributed by atoms with van der Waals surface area (Å²) in [6.45, 7) is 1.43. The van der Waals surface area contributed by atoms with Crippen LogP contribution in [0.3, 0.4) is 0 Å². The molecule has 0 saturated heterocycles. The van der Waals surface area contributed by atoms with Crippen molar-refractivity contribution in [3.05, 3.63) is 0 Å². The molecule has 3 nitrogen and oxygen atoms in total. The van der Waals surface area contributed by atoms with Crippen molar-refractivity contribution in [2.75, 3.05) is 13.2 Å². The standard InChI is InChI=1S/C12H22N2O/c1-2-4-6-8-10-12-15-14-13-11-9-7-5-3-1/h13-14H,1-7,9,11-12H2. The van der Waals surface area contributed by atoms with E-state index in [-0.39, 0.29) is 0 Å². The Morgan fingerprint density at radius 1 is 0.800 bits per heavy atom. The molecule has 0 spiro atoms. The van der Waals surface area contributed by atoms with Gasteiger partial charge in [0, 0.05) is 13.0 Å². The molecule has 1 heterocycles. The summed E-state index contributed by atoms with van der Waals surface area (Å²) >= 11 is 0. The summed E-state index contributed by atoms with van der Waals surface area (Å²) in [6.07, 6.45) is 10.2. The number of nitrogens with one attached hydrogen (secondary N) is 2. The van der Waals surface area contributed by atoms with E-state index in [1.807, 2.05) is 0 Å². The van der Waals surface area contributed by atoms with E-state index in [4.69, 9.17) is 4.84 Å². The minimum absolute atomic E-state index is 0.465. The monoisotopic (exact) mass is 210 g/mol. The summed E-state index contributed by atoms with van der Waals surface area (Å²) in [5, 5.41) is 0. The minimum Gasteiger partial charge on any atom is -0.274 e. The maximum absolute atomic E-state index is 5.07. The molecular weight excluding hydrogens is 188 g/mol. The van der Waals surface area contributed by atoms with Gasteiger partial charge in [0.2, 0.25) is 0 Å². The van der Waals surface area contributed by atoms with Gasteiger partial charge in [-0.05, 0) is 12.8 Å². The maximum atomic E-state index is 5.07. The predicted octanol–water partition coefficient (Wildman–Crippen LogP) is 2.15. The van der Waals surface area contributed by atoms with E-state index >= 15 is 0 Å². The average molecular weight is 210 g/mol. The maximum Gasteiger partial charge on any atom is 0.130 e. The van der Waals surface area contributed by atoms with E-state index in [0.29, 0.717) is 6.61 Å². The van der Waals surface area contributed by atoms with Crippen LogP contribution < -0.4 is 11.0 Å². The normalized spacial score (nSPS) is 21.9. The summed E-state index contributed by atoms with van der Waals surface area (Å²) in [4.78, 5) is 5.07. The summed E-state index contributed by atoms with van der Waals surface area (Å²) in [6, 6.07) is 0. The van der Waals surface area contributed by atoms with Crippen LogP contribution in [-0.4, -0.2) is 13.2 Å². The summed E-state index contributed by atoms with van der Waals surface area (Å²) < 4.78 is 0. The molecule has 1 aliphatic heterocycles. The zero-order valence-corrected chi connectivity index (χ0v) is 9.48. The molecule has 0 amide bonds. The van der Waals surface area contributed by atoms with Crippen LogP contribution in [0.25, 0.3) is 0 Å². The lowest BCUT2D eigenvalue weighted by atomic mass is 10.1. The highest BCUT2D eigenvalue weighted by Crippen LogP contribution is 2.07. The first-order valence-electron chi connectivity index (χ1n) is 6.05. The fourth-order valence-corrected chi connectivity index (χ4v) is 1.62. The molecule has 1 rings (SSSR count). The van der Waals surface area contributed by atoms with Gasteiger partial charge in [0.15, 0.2) is 0 Å². The van der Waals surface area contributed by atoms with Crippen molar-refractivity contribution in [1.29, 1.82) is 0 Å². The number of rotatable bonds is 0. The molecule has 0 unspecified atom stereocenters. The fraction of sp³-hybridized carbons (Fsp3) is 0.833. The molecule has 0 bridgehead atoms. The third kappa shape index (κ3) is 8.44. The first-order chi connectivity index (χ1) is 7.50. The highest BCUT2D eigenvalue weighted by atomic mass is 16.7. The van der Waals surface area contributed by atoms with Gasteiger partial charge in [0.05, 0.1) is 0 Å². The van der Waals surface area contributed by atoms with Crippen molar-refractivity contribution in [2.24, 2.45) is 0 Å². The largest absolute Gasteiger partial charge is 0.274 e. The second-order valence-electron chi connectivity index (χ2n) is 3.90. The van der Waals surface area contributed by atoms with Gasteiger partial charge in [-0.2, -0.15) is 0 Å². The second-order valence-corrected chi connectivity index (χ2v) is 3.90. The van der Waals surface area contributed by atoms with Gasteiger partial charge in [-0.25, -0.2) is 5.43 Å². The molecule has 0 atom stereocenters. The molecule has 0 saturated carbocycles. The molecule has 1 aliphatic rings. The Bertz CT molecular complexity index is 178. The Morgan fingerprint density at radius 3 is 2.40 bits per heavy atom.